The van der Waals surface area contributed by atoms with Crippen LogP contribution in [0.25, 0.3) is 73.0 Å². The molecule has 5 heterocycles. The largest absolute Gasteiger partial charge is 0.658 e. The number of hydrogen-bond donors (Lipinski definition) is 0. The minimum Gasteiger partial charge on any atom is -0.658 e. The van der Waals surface area contributed by atoms with Gasteiger partial charge in [-0.1, -0.05) is 138 Å². The number of aromatic nitrogens is 4. The van der Waals surface area contributed by atoms with Crippen molar-refractivity contribution in [2.75, 3.05) is 0 Å². The molecule has 0 N–H and O–H groups in total. The smallest absolute Gasteiger partial charge is 0.389 e. The summed E-state index contributed by atoms with van der Waals surface area (Å²) < 4.78 is 7.88. The zero-order valence-corrected chi connectivity index (χ0v) is 30.1. The van der Waals surface area contributed by atoms with E-state index >= 15 is 0 Å². The minimum atomic E-state index is -0.339. The molecule has 0 aliphatic carbocycles. The summed E-state index contributed by atoms with van der Waals surface area (Å²) in [6, 6.07) is 54.3. The van der Waals surface area contributed by atoms with E-state index in [-0.39, 0.29) is 6.17 Å². The Kier molecular flexibility index (Phi) is 7.23. The van der Waals surface area contributed by atoms with Crippen LogP contribution < -0.4 is 14.6 Å². The number of benzene rings is 6. The predicted molar refractivity (Wildman–Crippen MR) is 224 cm³/mol. The lowest BCUT2D eigenvalue weighted by atomic mass is 10.0. The molecule has 55 heavy (non-hydrogen) atoms. The Morgan fingerprint density at radius 2 is 1.15 bits per heavy atom. The van der Waals surface area contributed by atoms with Gasteiger partial charge in [0.05, 0.1) is 22.0 Å². The highest BCUT2D eigenvalue weighted by atomic mass is 32.1. The Morgan fingerprint density at radius 3 is 1.85 bits per heavy atom. The number of thiophene rings is 1. The van der Waals surface area contributed by atoms with E-state index in [1.807, 2.05) is 60.8 Å². The average Bonchev–Trinajstić information content (AvgIpc) is 3.96. The van der Waals surface area contributed by atoms with Crippen LogP contribution in [-0.4, -0.2) is 31.4 Å². The molecule has 0 amide bonds. The molecule has 0 radical (unpaired) electrons. The van der Waals surface area contributed by atoms with Crippen molar-refractivity contribution in [3.63, 3.8) is 0 Å². The van der Waals surface area contributed by atoms with Crippen molar-refractivity contribution in [3.05, 3.63) is 189 Å². The molecule has 2 aliphatic heterocycles. The lowest BCUT2D eigenvalue weighted by molar-refractivity contribution is 0.874. The summed E-state index contributed by atoms with van der Waals surface area (Å²) in [6.45, 7) is 0. The number of rotatable bonds is 6. The van der Waals surface area contributed by atoms with E-state index in [2.05, 4.69) is 118 Å². The fourth-order valence-corrected chi connectivity index (χ4v) is 8.67. The number of hydrogen-bond acceptors (Lipinski definition) is 5. The molecule has 1 atom stereocenters. The van der Waals surface area contributed by atoms with E-state index in [0.717, 1.165) is 70.7 Å². The van der Waals surface area contributed by atoms with Gasteiger partial charge in [-0.25, -0.2) is 15.0 Å². The van der Waals surface area contributed by atoms with Crippen LogP contribution in [0.15, 0.2) is 163 Å². The highest BCUT2D eigenvalue weighted by Gasteiger charge is 2.23. The first-order valence-corrected chi connectivity index (χ1v) is 19.0. The van der Waals surface area contributed by atoms with Gasteiger partial charge in [-0.3, -0.25) is 4.99 Å². The molecule has 8 heteroatoms. The lowest BCUT2D eigenvalue weighted by Crippen LogP contribution is -2.19. The second kappa shape index (κ2) is 12.7. The van der Waals surface area contributed by atoms with Gasteiger partial charge in [-0.05, 0) is 41.2 Å². The number of fused-ring (bicyclic) bond motifs is 6. The van der Waals surface area contributed by atoms with Crippen molar-refractivity contribution in [2.24, 2.45) is 4.99 Å². The van der Waals surface area contributed by atoms with Crippen molar-refractivity contribution in [3.8, 4) is 39.9 Å². The highest BCUT2D eigenvalue weighted by Crippen LogP contribution is 2.41. The van der Waals surface area contributed by atoms with E-state index < -0.39 is 0 Å². The van der Waals surface area contributed by atoms with Crippen LogP contribution in [-0.2, 0) is 0 Å². The SMILES string of the molecule is C1=[N+]=c2sc3c(c2=C1)[N-]C(c1ccccc1)N=C3c1ccc(-c2nc(-c3ccccc3)nc(-c3cccc(-n4c5ccccc5c5ccccc54)c3)n2)cc1. The zero-order chi connectivity index (χ0) is 36.3. The topological polar surface area (TPSA) is 84.2 Å². The molecule has 3 aromatic heterocycles. The van der Waals surface area contributed by atoms with Gasteiger partial charge in [0.1, 0.15) is 0 Å². The molecule has 0 saturated heterocycles. The molecule has 11 rings (SSSR count). The quantitative estimate of drug-likeness (QED) is 0.161. The summed E-state index contributed by atoms with van der Waals surface area (Å²) >= 11 is 1.64. The van der Waals surface area contributed by atoms with Crippen molar-refractivity contribution in [1.29, 1.82) is 0 Å². The molecule has 0 fully saturated rings. The Balaban J connectivity index is 1.02. The normalized spacial score (nSPS) is 14.2. The average molecular weight is 724 g/mol. The molecule has 0 saturated carbocycles. The first kappa shape index (κ1) is 31.3. The fraction of sp³-hybridized carbons (Fsp3) is 0.0213. The third kappa shape index (κ3) is 5.31. The van der Waals surface area contributed by atoms with Gasteiger partial charge in [0.2, 0.25) is 0 Å². The van der Waals surface area contributed by atoms with Crippen LogP contribution in [0.2, 0.25) is 0 Å². The van der Waals surface area contributed by atoms with E-state index in [1.54, 1.807) is 11.3 Å². The first-order valence-electron chi connectivity index (χ1n) is 18.1. The van der Waals surface area contributed by atoms with Crippen LogP contribution >= 0.6 is 11.3 Å². The molecular weight excluding hydrogens is 695 g/mol. The van der Waals surface area contributed by atoms with Crippen LogP contribution in [0, 0.1) is 0 Å². The summed E-state index contributed by atoms with van der Waals surface area (Å²) in [5, 5.41) is 8.61. The van der Waals surface area contributed by atoms with Crippen LogP contribution in [0.4, 0.5) is 5.69 Å². The monoisotopic (exact) mass is 723 g/mol. The van der Waals surface area contributed by atoms with Gasteiger partial charge in [0, 0.05) is 55.8 Å². The van der Waals surface area contributed by atoms with Crippen molar-refractivity contribution in [2.45, 2.75) is 6.17 Å². The van der Waals surface area contributed by atoms with Gasteiger partial charge in [0.15, 0.2) is 17.5 Å². The molecule has 0 bridgehead atoms. The van der Waals surface area contributed by atoms with E-state index in [9.17, 15) is 0 Å². The second-order valence-electron chi connectivity index (χ2n) is 13.5. The fourth-order valence-electron chi connectivity index (χ4n) is 7.56. The summed E-state index contributed by atoms with van der Waals surface area (Å²) in [5.41, 5.74) is 9.98. The zero-order valence-electron chi connectivity index (χ0n) is 29.3. The summed E-state index contributed by atoms with van der Waals surface area (Å²) in [7, 11) is 0. The van der Waals surface area contributed by atoms with E-state index in [1.165, 1.54) is 10.8 Å². The summed E-state index contributed by atoms with van der Waals surface area (Å²) in [6.07, 6.45) is 3.56. The highest BCUT2D eigenvalue weighted by molar-refractivity contribution is 7.12. The lowest BCUT2D eigenvalue weighted by Gasteiger charge is -2.35. The molecule has 7 nitrogen and oxygen atoms in total. The van der Waals surface area contributed by atoms with E-state index in [4.69, 9.17) is 25.3 Å². The van der Waals surface area contributed by atoms with Crippen LogP contribution in [0.3, 0.4) is 0 Å². The maximum Gasteiger partial charge on any atom is 0.389 e. The third-order valence-electron chi connectivity index (χ3n) is 10.2. The second-order valence-corrected chi connectivity index (χ2v) is 14.5. The van der Waals surface area contributed by atoms with Gasteiger partial charge in [0.25, 0.3) is 6.21 Å². The Bertz CT molecular complexity index is 3100. The molecule has 2 aliphatic rings. The van der Waals surface area contributed by atoms with Gasteiger partial charge in [-0.15, -0.1) is 5.69 Å². The van der Waals surface area contributed by atoms with Crippen LogP contribution in [0.5, 0.6) is 0 Å². The molecule has 6 aromatic carbocycles. The molecule has 9 aromatic rings. The molecular formula is C47H29N7S. The minimum absolute atomic E-state index is 0.339. The molecule has 1 unspecified atom stereocenters. The maximum absolute atomic E-state index is 5.20. The predicted octanol–water partition coefficient (Wildman–Crippen LogP) is 9.14. The van der Waals surface area contributed by atoms with Crippen molar-refractivity contribution in [1.82, 2.24) is 24.2 Å². The molecule has 258 valence electrons. The van der Waals surface area contributed by atoms with Gasteiger partial charge < -0.3 is 9.88 Å². The number of nitrogens with zero attached hydrogens (tertiary/aromatic N) is 7. The summed E-state index contributed by atoms with van der Waals surface area (Å²) in [4.78, 5) is 21.4. The van der Waals surface area contributed by atoms with Crippen molar-refractivity contribution < 1.29 is 0 Å². The first-order chi connectivity index (χ1) is 27.2. The Hall–Kier alpha value is -7.25. The standard InChI is InChI=1S/C47H29N7S/c1-3-12-30(13-4-1)43-49-40(42-41(50-43)37-26-27-48-47(37)55-42)29-22-24-32(25-23-29)45-51-44(31-14-5-2-6-15-31)52-46(53-45)33-16-11-17-34(28-33)54-38-20-9-7-18-35(38)36-19-8-10-21-39(36)54/h1-28,43H. The van der Waals surface area contributed by atoms with Gasteiger partial charge in [-0.2, -0.15) is 0 Å². The van der Waals surface area contributed by atoms with Crippen LogP contribution in [0.1, 0.15) is 22.2 Å². The number of para-hydroxylation sites is 2. The Morgan fingerprint density at radius 1 is 0.564 bits per heavy atom. The number of aliphatic imine (C=N–C) groups is 1. The summed E-state index contributed by atoms with van der Waals surface area (Å²) in [5.74, 6) is 1.82. The maximum atomic E-state index is 5.20. The van der Waals surface area contributed by atoms with Crippen molar-refractivity contribution >= 4 is 56.8 Å². The Labute approximate surface area is 319 Å². The van der Waals surface area contributed by atoms with Gasteiger partial charge >= 0.3 is 4.67 Å². The van der Waals surface area contributed by atoms with E-state index in [0.29, 0.717) is 17.5 Å². The molecule has 0 spiro atoms. The third-order valence-corrected chi connectivity index (χ3v) is 11.3.